The molecule has 1 aromatic carbocycles. The monoisotopic (exact) mass is 271 g/mol. The number of likely N-dealkylation sites (N-methyl/N-ethyl adjacent to an activating group) is 1. The van der Waals surface area contributed by atoms with Crippen molar-refractivity contribution in [3.63, 3.8) is 0 Å². The summed E-state index contributed by atoms with van der Waals surface area (Å²) in [5.74, 6) is 0.0121. The third-order valence-electron chi connectivity index (χ3n) is 3.63. The maximum absolute atomic E-state index is 12.1. The Hall–Kier alpha value is -2.21. The molecule has 1 amide bonds. The molecule has 1 unspecified atom stereocenters. The molecule has 1 aliphatic heterocycles. The highest BCUT2D eigenvalue weighted by molar-refractivity contribution is 5.94. The molecule has 1 fully saturated rings. The number of benzene rings is 1. The Bertz CT molecular complexity index is 624. The van der Waals surface area contributed by atoms with Gasteiger partial charge in [-0.05, 0) is 6.07 Å². The highest BCUT2D eigenvalue weighted by atomic mass is 16.2. The molecule has 1 atom stereocenters. The summed E-state index contributed by atoms with van der Waals surface area (Å²) in [6.45, 7) is 2.26. The Labute approximate surface area is 117 Å². The molecule has 20 heavy (non-hydrogen) atoms. The Morgan fingerprint density at radius 2 is 2.30 bits per heavy atom. The average molecular weight is 271 g/mol. The van der Waals surface area contributed by atoms with Crippen LogP contribution in [-0.2, 0) is 4.79 Å². The summed E-state index contributed by atoms with van der Waals surface area (Å²) in [4.78, 5) is 14.2. The number of rotatable bonds is 2. The predicted molar refractivity (Wildman–Crippen MR) is 77.6 cm³/mol. The van der Waals surface area contributed by atoms with Gasteiger partial charge < -0.3 is 15.5 Å². The molecular weight excluding hydrogens is 254 g/mol. The second-order valence-corrected chi connectivity index (χ2v) is 4.77. The van der Waals surface area contributed by atoms with E-state index in [0.717, 1.165) is 29.7 Å². The largest absolute Gasteiger partial charge is 0.357 e. The number of amides is 1. The zero-order chi connectivity index (χ0) is 13.9. The van der Waals surface area contributed by atoms with Crippen molar-refractivity contribution in [3.8, 4) is 0 Å². The van der Waals surface area contributed by atoms with Crippen LogP contribution < -0.4 is 15.5 Å². The van der Waals surface area contributed by atoms with Gasteiger partial charge in [0.15, 0.2) is 0 Å². The van der Waals surface area contributed by atoms with Crippen LogP contribution in [0, 0.1) is 0 Å². The first-order chi connectivity index (χ1) is 9.81. The van der Waals surface area contributed by atoms with Crippen molar-refractivity contribution in [1.82, 2.24) is 20.8 Å². The Morgan fingerprint density at radius 3 is 3.15 bits per heavy atom. The molecule has 6 nitrogen and oxygen atoms in total. The van der Waals surface area contributed by atoms with Crippen molar-refractivity contribution < 1.29 is 4.79 Å². The summed E-state index contributed by atoms with van der Waals surface area (Å²) in [7, 11) is 1.66. The van der Waals surface area contributed by atoms with Crippen LogP contribution in [0.25, 0.3) is 10.9 Å². The van der Waals surface area contributed by atoms with Gasteiger partial charge in [-0.3, -0.25) is 4.79 Å². The highest BCUT2D eigenvalue weighted by Gasteiger charge is 2.29. The van der Waals surface area contributed by atoms with Gasteiger partial charge in [0, 0.05) is 32.1 Å². The molecule has 0 bridgehead atoms. The van der Waals surface area contributed by atoms with Crippen LogP contribution in [0.1, 0.15) is 0 Å². The smallest absolute Gasteiger partial charge is 0.243 e. The van der Waals surface area contributed by atoms with Gasteiger partial charge in [0.05, 0.1) is 17.4 Å². The van der Waals surface area contributed by atoms with E-state index >= 15 is 0 Å². The minimum Gasteiger partial charge on any atom is -0.357 e. The summed E-state index contributed by atoms with van der Waals surface area (Å²) >= 11 is 0. The molecule has 2 N–H and O–H groups in total. The molecular formula is C14H17N5O. The van der Waals surface area contributed by atoms with E-state index in [-0.39, 0.29) is 11.9 Å². The molecule has 1 aliphatic rings. The van der Waals surface area contributed by atoms with Gasteiger partial charge >= 0.3 is 0 Å². The lowest BCUT2D eigenvalue weighted by Gasteiger charge is -2.36. The SMILES string of the molecule is CNC(=O)C1CNCCN1c1cnnc2ccccc12. The average Bonchev–Trinajstić information content (AvgIpc) is 2.53. The van der Waals surface area contributed by atoms with Crippen molar-refractivity contribution >= 4 is 22.5 Å². The Kier molecular flexibility index (Phi) is 3.47. The Balaban J connectivity index is 2.06. The van der Waals surface area contributed by atoms with Gasteiger partial charge in [0.1, 0.15) is 6.04 Å². The van der Waals surface area contributed by atoms with E-state index in [1.807, 2.05) is 24.3 Å². The van der Waals surface area contributed by atoms with E-state index in [9.17, 15) is 4.79 Å². The first kappa shape index (κ1) is 12.8. The molecule has 0 spiro atoms. The van der Waals surface area contributed by atoms with Crippen LogP contribution in [0.15, 0.2) is 30.5 Å². The predicted octanol–water partition coefficient (Wildman–Crippen LogP) is 0.154. The minimum atomic E-state index is -0.221. The van der Waals surface area contributed by atoms with Crippen molar-refractivity contribution in [2.75, 3.05) is 31.6 Å². The second kappa shape index (κ2) is 5.42. The fourth-order valence-corrected chi connectivity index (χ4v) is 2.62. The number of fused-ring (bicyclic) bond motifs is 1. The third-order valence-corrected chi connectivity index (χ3v) is 3.63. The number of carbonyl (C=O) groups excluding carboxylic acids is 1. The van der Waals surface area contributed by atoms with Crippen LogP contribution in [0.4, 0.5) is 5.69 Å². The quantitative estimate of drug-likeness (QED) is 0.814. The van der Waals surface area contributed by atoms with Gasteiger partial charge in [0.2, 0.25) is 5.91 Å². The standard InChI is InChI=1S/C14H17N5O/c1-15-14(20)13-8-16-6-7-19(13)12-9-17-18-11-5-3-2-4-10(11)12/h2-5,9,13,16H,6-8H2,1H3,(H,15,20). The number of piperazine rings is 1. The normalized spacial score (nSPS) is 19.1. The lowest BCUT2D eigenvalue weighted by molar-refractivity contribution is -0.122. The third kappa shape index (κ3) is 2.18. The summed E-state index contributed by atoms with van der Waals surface area (Å²) in [6, 6.07) is 7.64. The van der Waals surface area contributed by atoms with Crippen LogP contribution in [0.2, 0.25) is 0 Å². The van der Waals surface area contributed by atoms with Crippen molar-refractivity contribution in [3.05, 3.63) is 30.5 Å². The number of nitrogens with one attached hydrogen (secondary N) is 2. The lowest BCUT2D eigenvalue weighted by atomic mass is 10.1. The molecule has 1 aromatic heterocycles. The summed E-state index contributed by atoms with van der Waals surface area (Å²) in [5.41, 5.74) is 1.81. The fourth-order valence-electron chi connectivity index (χ4n) is 2.62. The maximum Gasteiger partial charge on any atom is 0.243 e. The van der Waals surface area contributed by atoms with E-state index < -0.39 is 0 Å². The molecule has 6 heteroatoms. The van der Waals surface area contributed by atoms with Crippen molar-refractivity contribution in [1.29, 1.82) is 0 Å². The zero-order valence-corrected chi connectivity index (χ0v) is 11.3. The molecule has 2 heterocycles. The van der Waals surface area contributed by atoms with Gasteiger partial charge in [-0.25, -0.2) is 0 Å². The van der Waals surface area contributed by atoms with Gasteiger partial charge in [-0.15, -0.1) is 0 Å². The molecule has 0 radical (unpaired) electrons. The summed E-state index contributed by atoms with van der Waals surface area (Å²) in [6.07, 6.45) is 1.74. The first-order valence-electron chi connectivity index (χ1n) is 6.70. The number of aromatic nitrogens is 2. The second-order valence-electron chi connectivity index (χ2n) is 4.77. The van der Waals surface area contributed by atoms with Crippen LogP contribution >= 0.6 is 0 Å². The maximum atomic E-state index is 12.1. The van der Waals surface area contributed by atoms with Crippen molar-refractivity contribution in [2.24, 2.45) is 0 Å². The van der Waals surface area contributed by atoms with E-state index in [2.05, 4.69) is 25.7 Å². The highest BCUT2D eigenvalue weighted by Crippen LogP contribution is 2.26. The fraction of sp³-hybridized carbons (Fsp3) is 0.357. The van der Waals surface area contributed by atoms with Crippen LogP contribution in [-0.4, -0.2) is 48.8 Å². The van der Waals surface area contributed by atoms with Gasteiger partial charge in [-0.1, -0.05) is 18.2 Å². The van der Waals surface area contributed by atoms with E-state index in [0.29, 0.717) is 6.54 Å². The lowest BCUT2D eigenvalue weighted by Crippen LogP contribution is -2.57. The molecule has 3 rings (SSSR count). The minimum absolute atomic E-state index is 0.0121. The van der Waals surface area contributed by atoms with E-state index in [4.69, 9.17) is 0 Å². The molecule has 1 saturated heterocycles. The van der Waals surface area contributed by atoms with E-state index in [1.54, 1.807) is 13.2 Å². The Morgan fingerprint density at radius 1 is 1.45 bits per heavy atom. The topological polar surface area (TPSA) is 70.2 Å². The van der Waals surface area contributed by atoms with Crippen molar-refractivity contribution in [2.45, 2.75) is 6.04 Å². The molecule has 0 aliphatic carbocycles. The van der Waals surface area contributed by atoms with Crippen LogP contribution in [0.3, 0.4) is 0 Å². The molecule has 0 saturated carbocycles. The summed E-state index contributed by atoms with van der Waals surface area (Å²) in [5, 5.41) is 15.2. The number of nitrogens with zero attached hydrogens (tertiary/aromatic N) is 3. The molecule has 104 valence electrons. The van der Waals surface area contributed by atoms with Gasteiger partial charge in [0.25, 0.3) is 0 Å². The zero-order valence-electron chi connectivity index (χ0n) is 11.3. The number of hydrogen-bond acceptors (Lipinski definition) is 5. The van der Waals surface area contributed by atoms with E-state index in [1.165, 1.54) is 0 Å². The van der Waals surface area contributed by atoms with Crippen LogP contribution in [0.5, 0.6) is 0 Å². The first-order valence-corrected chi connectivity index (χ1v) is 6.70. The molecule has 2 aromatic rings. The summed E-state index contributed by atoms with van der Waals surface area (Å²) < 4.78 is 0. The number of anilines is 1. The number of carbonyl (C=O) groups is 1. The van der Waals surface area contributed by atoms with Gasteiger partial charge in [-0.2, -0.15) is 10.2 Å². The number of hydrogen-bond donors (Lipinski definition) is 2.